The molecule has 1 aromatic carbocycles. The van der Waals surface area contributed by atoms with Crippen LogP contribution >= 0.6 is 23.2 Å². The summed E-state index contributed by atoms with van der Waals surface area (Å²) in [6, 6.07) is 5.33. The molecule has 0 aliphatic heterocycles. The van der Waals surface area contributed by atoms with Crippen molar-refractivity contribution in [1.82, 2.24) is 9.97 Å². The van der Waals surface area contributed by atoms with E-state index in [0.29, 0.717) is 27.4 Å². The number of rotatable bonds is 2. The minimum atomic E-state index is 0.431. The Kier molecular flexibility index (Phi) is 3.36. The molecule has 0 amide bonds. The van der Waals surface area contributed by atoms with Gasteiger partial charge in [-0.15, -0.1) is 0 Å². The summed E-state index contributed by atoms with van der Waals surface area (Å²) in [6.07, 6.45) is 1.39. The third-order valence-electron chi connectivity index (χ3n) is 2.33. The van der Waals surface area contributed by atoms with Crippen molar-refractivity contribution in [1.29, 1.82) is 0 Å². The van der Waals surface area contributed by atoms with Crippen LogP contribution in [0.25, 0.3) is 0 Å². The summed E-state index contributed by atoms with van der Waals surface area (Å²) in [5.74, 6) is 1.04. The Morgan fingerprint density at radius 1 is 1.24 bits per heavy atom. The van der Waals surface area contributed by atoms with Crippen molar-refractivity contribution in [2.75, 3.05) is 11.1 Å². The highest BCUT2D eigenvalue weighted by Gasteiger charge is 2.08. The fourth-order valence-electron chi connectivity index (χ4n) is 1.32. The minimum absolute atomic E-state index is 0.431. The van der Waals surface area contributed by atoms with Crippen molar-refractivity contribution in [3.05, 3.63) is 40.1 Å². The maximum Gasteiger partial charge on any atom is 0.138 e. The van der Waals surface area contributed by atoms with Gasteiger partial charge in [0, 0.05) is 5.56 Å². The molecular formula is C11H10Cl2N4. The van der Waals surface area contributed by atoms with Crippen LogP contribution in [0.3, 0.4) is 0 Å². The van der Waals surface area contributed by atoms with Gasteiger partial charge in [0.2, 0.25) is 0 Å². The normalized spacial score (nSPS) is 10.3. The fourth-order valence-corrected chi connectivity index (χ4v) is 1.67. The molecule has 4 nitrogen and oxygen atoms in total. The Morgan fingerprint density at radius 2 is 2.00 bits per heavy atom. The number of nitrogens with two attached hydrogens (primary N) is 1. The molecule has 0 saturated carbocycles. The van der Waals surface area contributed by atoms with E-state index in [4.69, 9.17) is 28.9 Å². The lowest BCUT2D eigenvalue weighted by molar-refractivity contribution is 1.14. The molecule has 0 aliphatic carbocycles. The van der Waals surface area contributed by atoms with E-state index in [2.05, 4.69) is 15.3 Å². The SMILES string of the molecule is Cc1c(N)ncnc1Nc1cccc(Cl)c1Cl. The van der Waals surface area contributed by atoms with Crippen molar-refractivity contribution < 1.29 is 0 Å². The first-order valence-corrected chi connectivity index (χ1v) is 5.63. The molecule has 0 atom stereocenters. The van der Waals surface area contributed by atoms with E-state index in [1.165, 1.54) is 6.33 Å². The summed E-state index contributed by atoms with van der Waals surface area (Å²) in [6.45, 7) is 1.83. The van der Waals surface area contributed by atoms with Crippen molar-refractivity contribution in [2.45, 2.75) is 6.92 Å². The molecule has 0 aliphatic rings. The number of hydrogen-bond acceptors (Lipinski definition) is 4. The van der Waals surface area contributed by atoms with E-state index < -0.39 is 0 Å². The molecule has 17 heavy (non-hydrogen) atoms. The molecule has 88 valence electrons. The highest BCUT2D eigenvalue weighted by molar-refractivity contribution is 6.43. The lowest BCUT2D eigenvalue weighted by Gasteiger charge is -2.11. The molecule has 1 heterocycles. The molecule has 2 rings (SSSR count). The summed E-state index contributed by atoms with van der Waals surface area (Å²) in [7, 11) is 0. The standard InChI is InChI=1S/C11H10Cl2N4/c1-6-10(14)15-5-16-11(6)17-8-4-2-3-7(12)9(8)13/h2-5H,1H3,(H3,14,15,16,17). The third-order valence-corrected chi connectivity index (χ3v) is 3.15. The predicted octanol–water partition coefficient (Wildman–Crippen LogP) is 3.42. The molecule has 1 aromatic heterocycles. The summed E-state index contributed by atoms with van der Waals surface area (Å²) < 4.78 is 0. The number of halogens is 2. The lowest BCUT2D eigenvalue weighted by Crippen LogP contribution is -2.02. The van der Waals surface area contributed by atoms with Crippen LogP contribution in [-0.2, 0) is 0 Å². The molecule has 0 spiro atoms. The monoisotopic (exact) mass is 268 g/mol. The minimum Gasteiger partial charge on any atom is -0.383 e. The number of hydrogen-bond donors (Lipinski definition) is 2. The quantitative estimate of drug-likeness (QED) is 0.876. The number of anilines is 3. The first-order valence-electron chi connectivity index (χ1n) is 4.87. The van der Waals surface area contributed by atoms with E-state index in [1.807, 2.05) is 13.0 Å². The topological polar surface area (TPSA) is 63.8 Å². The van der Waals surface area contributed by atoms with Crippen LogP contribution in [-0.4, -0.2) is 9.97 Å². The van der Waals surface area contributed by atoms with Gasteiger partial charge in [-0.05, 0) is 19.1 Å². The molecule has 6 heteroatoms. The van der Waals surface area contributed by atoms with Gasteiger partial charge in [0.25, 0.3) is 0 Å². The molecule has 0 fully saturated rings. The van der Waals surface area contributed by atoms with E-state index in [9.17, 15) is 0 Å². The highest BCUT2D eigenvalue weighted by atomic mass is 35.5. The van der Waals surface area contributed by atoms with Gasteiger partial charge in [-0.25, -0.2) is 9.97 Å². The van der Waals surface area contributed by atoms with Crippen molar-refractivity contribution in [3.63, 3.8) is 0 Å². The zero-order valence-corrected chi connectivity index (χ0v) is 10.5. The van der Waals surface area contributed by atoms with Crippen LogP contribution in [0, 0.1) is 6.92 Å². The van der Waals surface area contributed by atoms with Gasteiger partial charge >= 0.3 is 0 Å². The summed E-state index contributed by atoms with van der Waals surface area (Å²) in [4.78, 5) is 7.99. The number of benzene rings is 1. The van der Waals surface area contributed by atoms with E-state index in [1.54, 1.807) is 12.1 Å². The molecule has 0 bridgehead atoms. The lowest BCUT2D eigenvalue weighted by atomic mass is 10.2. The van der Waals surface area contributed by atoms with Crippen LogP contribution in [0.5, 0.6) is 0 Å². The van der Waals surface area contributed by atoms with Crippen LogP contribution in [0.1, 0.15) is 5.56 Å². The Labute approximate surface area is 109 Å². The fraction of sp³-hybridized carbons (Fsp3) is 0.0909. The second-order valence-corrected chi connectivity index (χ2v) is 4.24. The van der Waals surface area contributed by atoms with E-state index >= 15 is 0 Å². The smallest absolute Gasteiger partial charge is 0.138 e. The predicted molar refractivity (Wildman–Crippen MR) is 70.9 cm³/mol. The molecular weight excluding hydrogens is 259 g/mol. The zero-order chi connectivity index (χ0) is 12.4. The molecule has 2 aromatic rings. The molecule has 3 N–H and O–H groups in total. The van der Waals surface area contributed by atoms with Gasteiger partial charge in [0.1, 0.15) is 18.0 Å². The zero-order valence-electron chi connectivity index (χ0n) is 9.04. The summed E-state index contributed by atoms with van der Waals surface area (Å²) in [5, 5.41) is 4.01. The van der Waals surface area contributed by atoms with Crippen molar-refractivity contribution in [3.8, 4) is 0 Å². The van der Waals surface area contributed by atoms with E-state index in [-0.39, 0.29) is 0 Å². The van der Waals surface area contributed by atoms with Crippen LogP contribution in [0.4, 0.5) is 17.3 Å². The number of nitrogen functional groups attached to an aromatic ring is 1. The van der Waals surface area contributed by atoms with Gasteiger partial charge in [-0.1, -0.05) is 29.3 Å². The Bertz CT molecular complexity index is 508. The molecule has 0 radical (unpaired) electrons. The molecule has 0 saturated heterocycles. The Morgan fingerprint density at radius 3 is 2.76 bits per heavy atom. The first kappa shape index (κ1) is 12.0. The number of nitrogens with one attached hydrogen (secondary N) is 1. The maximum absolute atomic E-state index is 6.07. The van der Waals surface area contributed by atoms with Crippen molar-refractivity contribution >= 4 is 40.5 Å². The Balaban J connectivity index is 2.38. The second kappa shape index (κ2) is 4.77. The number of aromatic nitrogens is 2. The van der Waals surface area contributed by atoms with Crippen LogP contribution in [0.2, 0.25) is 10.0 Å². The average Bonchev–Trinajstić information content (AvgIpc) is 2.31. The summed E-state index contributed by atoms with van der Waals surface area (Å²) >= 11 is 12.0. The van der Waals surface area contributed by atoms with Crippen molar-refractivity contribution in [2.24, 2.45) is 0 Å². The maximum atomic E-state index is 6.07. The van der Waals surface area contributed by atoms with Gasteiger partial charge in [0.15, 0.2) is 0 Å². The van der Waals surface area contributed by atoms with Gasteiger partial charge in [-0.2, -0.15) is 0 Å². The summed E-state index contributed by atoms with van der Waals surface area (Å²) in [5.41, 5.74) is 7.14. The Hall–Kier alpha value is -1.52. The first-order chi connectivity index (χ1) is 8.09. The van der Waals surface area contributed by atoms with Gasteiger partial charge < -0.3 is 11.1 Å². The van der Waals surface area contributed by atoms with Crippen LogP contribution in [0.15, 0.2) is 24.5 Å². The van der Waals surface area contributed by atoms with E-state index in [0.717, 1.165) is 5.56 Å². The average molecular weight is 269 g/mol. The number of nitrogens with zero attached hydrogens (tertiary/aromatic N) is 2. The molecule has 0 unspecified atom stereocenters. The largest absolute Gasteiger partial charge is 0.383 e. The van der Waals surface area contributed by atoms with Gasteiger partial charge in [0.05, 0.1) is 15.7 Å². The third kappa shape index (κ3) is 2.43. The second-order valence-electron chi connectivity index (χ2n) is 3.46. The van der Waals surface area contributed by atoms with Gasteiger partial charge in [-0.3, -0.25) is 0 Å². The highest BCUT2D eigenvalue weighted by Crippen LogP contribution is 2.32. The van der Waals surface area contributed by atoms with Crippen LogP contribution < -0.4 is 11.1 Å².